The Bertz CT molecular complexity index is 600. The van der Waals surface area contributed by atoms with Crippen molar-refractivity contribution in [2.45, 2.75) is 32.9 Å². The highest BCUT2D eigenvalue weighted by Gasteiger charge is 2.20. The maximum Gasteiger partial charge on any atom is 0.387 e. The van der Waals surface area contributed by atoms with E-state index >= 15 is 0 Å². The van der Waals surface area contributed by atoms with E-state index in [1.807, 2.05) is 20.8 Å². The molecule has 0 saturated heterocycles. The van der Waals surface area contributed by atoms with Crippen LogP contribution in [0.1, 0.15) is 31.1 Å². The molecule has 0 unspecified atom stereocenters. The highest BCUT2D eigenvalue weighted by Crippen LogP contribution is 2.29. The van der Waals surface area contributed by atoms with Crippen molar-refractivity contribution in [3.8, 4) is 11.5 Å². The summed E-state index contributed by atoms with van der Waals surface area (Å²) in [6, 6.07) is 3.85. The van der Waals surface area contributed by atoms with Crippen molar-refractivity contribution in [3.63, 3.8) is 0 Å². The standard InChI is InChI=1S/C16H22F2N2O4/c1-16(2,3)19-13(21)9-20(4)14(22)10-6-7-11(24-15(17)18)12(8-10)23-5/h6-8,15H,9H2,1-5H3,(H,19,21). The Morgan fingerprint density at radius 3 is 2.38 bits per heavy atom. The van der Waals surface area contributed by atoms with E-state index in [4.69, 9.17) is 4.74 Å². The van der Waals surface area contributed by atoms with Crippen molar-refractivity contribution in [3.05, 3.63) is 23.8 Å². The van der Waals surface area contributed by atoms with Gasteiger partial charge in [0.1, 0.15) is 0 Å². The fourth-order valence-electron chi connectivity index (χ4n) is 1.96. The van der Waals surface area contributed by atoms with Gasteiger partial charge in [0.25, 0.3) is 5.91 Å². The molecule has 0 bridgehead atoms. The summed E-state index contributed by atoms with van der Waals surface area (Å²) >= 11 is 0. The van der Waals surface area contributed by atoms with Crippen molar-refractivity contribution in [1.82, 2.24) is 10.2 Å². The highest BCUT2D eigenvalue weighted by atomic mass is 19.3. The van der Waals surface area contributed by atoms with E-state index in [0.29, 0.717) is 0 Å². The smallest absolute Gasteiger partial charge is 0.387 e. The van der Waals surface area contributed by atoms with Gasteiger partial charge >= 0.3 is 6.61 Å². The molecule has 0 spiro atoms. The number of hydrogen-bond acceptors (Lipinski definition) is 4. The minimum absolute atomic E-state index is 0.00805. The third kappa shape index (κ3) is 6.02. The predicted molar refractivity (Wildman–Crippen MR) is 84.5 cm³/mol. The Morgan fingerprint density at radius 2 is 1.88 bits per heavy atom. The molecule has 1 rings (SSSR count). The summed E-state index contributed by atoms with van der Waals surface area (Å²) in [7, 11) is 2.75. The number of ether oxygens (including phenoxy) is 2. The minimum Gasteiger partial charge on any atom is -0.493 e. The Kier molecular flexibility index (Phi) is 6.51. The molecule has 0 fully saturated rings. The van der Waals surface area contributed by atoms with Crippen LogP contribution in [-0.2, 0) is 4.79 Å². The van der Waals surface area contributed by atoms with Crippen LogP contribution in [0.25, 0.3) is 0 Å². The molecule has 0 aliphatic carbocycles. The normalized spacial score (nSPS) is 11.2. The third-order valence-corrected chi connectivity index (χ3v) is 2.87. The topological polar surface area (TPSA) is 67.9 Å². The number of nitrogens with one attached hydrogen (secondary N) is 1. The molecule has 1 N–H and O–H groups in total. The van der Waals surface area contributed by atoms with E-state index in [1.165, 1.54) is 37.3 Å². The summed E-state index contributed by atoms with van der Waals surface area (Å²) in [6.07, 6.45) is 0. The van der Waals surface area contributed by atoms with Gasteiger partial charge in [0.15, 0.2) is 11.5 Å². The molecule has 1 aromatic carbocycles. The number of carbonyl (C=O) groups is 2. The lowest BCUT2D eigenvalue weighted by Crippen LogP contribution is -2.46. The molecule has 8 heteroatoms. The van der Waals surface area contributed by atoms with Gasteiger partial charge in [-0.25, -0.2) is 0 Å². The van der Waals surface area contributed by atoms with Gasteiger partial charge in [-0.3, -0.25) is 9.59 Å². The Labute approximate surface area is 139 Å². The maximum absolute atomic E-state index is 12.3. The number of halogens is 2. The lowest BCUT2D eigenvalue weighted by molar-refractivity contribution is -0.122. The number of amides is 2. The third-order valence-electron chi connectivity index (χ3n) is 2.87. The molecule has 134 valence electrons. The molecule has 0 atom stereocenters. The zero-order valence-electron chi connectivity index (χ0n) is 14.4. The Hall–Kier alpha value is -2.38. The van der Waals surface area contributed by atoms with Crippen LogP contribution >= 0.6 is 0 Å². The average Bonchev–Trinajstić information content (AvgIpc) is 2.44. The second-order valence-electron chi connectivity index (χ2n) is 6.20. The molecular weight excluding hydrogens is 322 g/mol. The van der Waals surface area contributed by atoms with Crippen LogP contribution < -0.4 is 14.8 Å². The van der Waals surface area contributed by atoms with E-state index in [2.05, 4.69) is 10.1 Å². The zero-order valence-corrected chi connectivity index (χ0v) is 14.4. The Balaban J connectivity index is 2.85. The van der Waals surface area contributed by atoms with E-state index in [9.17, 15) is 18.4 Å². The van der Waals surface area contributed by atoms with E-state index in [1.54, 1.807) is 0 Å². The summed E-state index contributed by atoms with van der Waals surface area (Å²) < 4.78 is 33.9. The predicted octanol–water partition coefficient (Wildman–Crippen LogP) is 2.28. The number of hydrogen-bond donors (Lipinski definition) is 1. The first-order valence-electron chi connectivity index (χ1n) is 7.23. The van der Waals surface area contributed by atoms with Crippen molar-refractivity contribution in [2.75, 3.05) is 20.7 Å². The van der Waals surface area contributed by atoms with Crippen LogP contribution in [0.3, 0.4) is 0 Å². The number of alkyl halides is 2. The van der Waals surface area contributed by atoms with Crippen molar-refractivity contribution in [1.29, 1.82) is 0 Å². The average molecular weight is 344 g/mol. The first-order chi connectivity index (χ1) is 11.0. The number of likely N-dealkylation sites (N-methyl/N-ethyl adjacent to an activating group) is 1. The molecule has 0 aromatic heterocycles. The molecule has 0 aliphatic rings. The van der Waals surface area contributed by atoms with Gasteiger partial charge in [0.05, 0.1) is 13.7 Å². The number of benzene rings is 1. The largest absolute Gasteiger partial charge is 0.493 e. The van der Waals surface area contributed by atoms with Gasteiger partial charge in [-0.15, -0.1) is 0 Å². The lowest BCUT2D eigenvalue weighted by Gasteiger charge is -2.23. The zero-order chi connectivity index (χ0) is 18.5. The number of methoxy groups -OCH3 is 1. The monoisotopic (exact) mass is 344 g/mol. The van der Waals surface area contributed by atoms with Crippen LogP contribution in [0.15, 0.2) is 18.2 Å². The minimum atomic E-state index is -3.00. The number of rotatable bonds is 6. The van der Waals surface area contributed by atoms with E-state index < -0.39 is 18.1 Å². The molecular formula is C16H22F2N2O4. The van der Waals surface area contributed by atoms with Crippen LogP contribution in [0.5, 0.6) is 11.5 Å². The fourth-order valence-corrected chi connectivity index (χ4v) is 1.96. The summed E-state index contributed by atoms with van der Waals surface area (Å²) in [5.74, 6) is -0.908. The summed E-state index contributed by atoms with van der Waals surface area (Å²) in [6.45, 7) is 2.37. The van der Waals surface area contributed by atoms with Crippen molar-refractivity contribution < 1.29 is 27.8 Å². The van der Waals surface area contributed by atoms with Crippen LogP contribution in [0, 0.1) is 0 Å². The molecule has 0 radical (unpaired) electrons. The summed E-state index contributed by atoms with van der Waals surface area (Å²) in [5, 5.41) is 2.75. The van der Waals surface area contributed by atoms with Gasteiger partial charge in [-0.1, -0.05) is 0 Å². The lowest BCUT2D eigenvalue weighted by atomic mass is 10.1. The van der Waals surface area contributed by atoms with Gasteiger partial charge < -0.3 is 19.7 Å². The number of nitrogens with zero attached hydrogens (tertiary/aromatic N) is 1. The van der Waals surface area contributed by atoms with E-state index in [0.717, 1.165) is 0 Å². The molecule has 2 amide bonds. The van der Waals surface area contributed by atoms with Crippen LogP contribution in [-0.4, -0.2) is 49.6 Å². The van der Waals surface area contributed by atoms with Crippen LogP contribution in [0.4, 0.5) is 8.78 Å². The van der Waals surface area contributed by atoms with Crippen molar-refractivity contribution in [2.24, 2.45) is 0 Å². The molecule has 6 nitrogen and oxygen atoms in total. The summed E-state index contributed by atoms with van der Waals surface area (Å²) in [4.78, 5) is 25.4. The quantitative estimate of drug-likeness (QED) is 0.860. The first kappa shape index (κ1) is 19.7. The van der Waals surface area contributed by atoms with Crippen molar-refractivity contribution >= 4 is 11.8 Å². The molecule has 0 saturated carbocycles. The molecule has 1 aromatic rings. The second-order valence-corrected chi connectivity index (χ2v) is 6.20. The SMILES string of the molecule is COc1cc(C(=O)N(C)CC(=O)NC(C)(C)C)ccc1OC(F)F. The van der Waals surface area contributed by atoms with Crippen LogP contribution in [0.2, 0.25) is 0 Å². The van der Waals surface area contributed by atoms with Gasteiger partial charge in [-0.05, 0) is 39.0 Å². The summed E-state index contributed by atoms with van der Waals surface area (Å²) in [5.41, 5.74) is -0.210. The maximum atomic E-state index is 12.3. The second kappa shape index (κ2) is 7.94. The first-order valence-corrected chi connectivity index (χ1v) is 7.23. The van der Waals surface area contributed by atoms with E-state index in [-0.39, 0.29) is 29.5 Å². The van der Waals surface area contributed by atoms with Gasteiger partial charge in [0.2, 0.25) is 5.91 Å². The highest BCUT2D eigenvalue weighted by molar-refractivity contribution is 5.97. The molecule has 24 heavy (non-hydrogen) atoms. The number of carbonyl (C=O) groups excluding carboxylic acids is 2. The fraction of sp³-hybridized carbons (Fsp3) is 0.500. The Morgan fingerprint density at radius 1 is 1.25 bits per heavy atom. The molecule has 0 heterocycles. The van der Waals surface area contributed by atoms with Gasteiger partial charge in [0, 0.05) is 18.2 Å². The van der Waals surface area contributed by atoms with Gasteiger partial charge in [-0.2, -0.15) is 8.78 Å². The molecule has 0 aliphatic heterocycles.